The summed E-state index contributed by atoms with van der Waals surface area (Å²) in [4.78, 5) is 14.3. The molecule has 0 aliphatic carbocycles. The second kappa shape index (κ2) is 9.62. The van der Waals surface area contributed by atoms with E-state index >= 15 is 0 Å². The van der Waals surface area contributed by atoms with E-state index in [1.807, 2.05) is 43.3 Å². The Morgan fingerprint density at radius 2 is 1.74 bits per heavy atom. The number of amides is 1. The zero-order valence-electron chi connectivity index (χ0n) is 12.6. The number of carbonyl (C=O) groups excluding carboxylic acids is 1. The van der Waals surface area contributed by atoms with Gasteiger partial charge in [-0.2, -0.15) is 0 Å². The van der Waals surface area contributed by atoms with Crippen LogP contribution in [-0.4, -0.2) is 23.5 Å². The molecule has 1 atom stereocenters. The number of halogens is 2. The molecule has 0 aromatic heterocycles. The van der Waals surface area contributed by atoms with E-state index in [-0.39, 0.29) is 11.2 Å². The zero-order valence-corrected chi connectivity index (χ0v) is 16.6. The highest BCUT2D eigenvalue weighted by atomic mass is 79.9. The molecule has 0 saturated heterocycles. The molecule has 0 fully saturated rings. The maximum Gasteiger partial charge on any atom is 0.233 e. The minimum atomic E-state index is -0.131. The van der Waals surface area contributed by atoms with E-state index in [9.17, 15) is 4.79 Å². The van der Waals surface area contributed by atoms with Gasteiger partial charge in [-0.25, -0.2) is 0 Å². The van der Waals surface area contributed by atoms with Crippen molar-refractivity contribution < 1.29 is 4.79 Å². The number of benzene rings is 2. The van der Waals surface area contributed by atoms with Crippen molar-refractivity contribution in [1.82, 2.24) is 5.32 Å². The number of thioether (sulfide) groups is 2. The first kappa shape index (κ1) is 18.7. The summed E-state index contributed by atoms with van der Waals surface area (Å²) >= 11 is 12.5. The Hall–Kier alpha value is -0.620. The highest BCUT2D eigenvalue weighted by molar-refractivity contribution is 9.10. The fourth-order valence-corrected chi connectivity index (χ4v) is 3.84. The minimum Gasteiger partial charge on any atom is -0.354 e. The Morgan fingerprint density at radius 1 is 1.13 bits per heavy atom. The van der Waals surface area contributed by atoms with Gasteiger partial charge in [0.15, 0.2) is 0 Å². The second-order valence-corrected chi connectivity index (χ2v) is 8.74. The van der Waals surface area contributed by atoms with Gasteiger partial charge in [0.25, 0.3) is 0 Å². The van der Waals surface area contributed by atoms with Crippen LogP contribution in [-0.2, 0) is 4.79 Å². The van der Waals surface area contributed by atoms with Crippen LogP contribution in [0.25, 0.3) is 0 Å². The maximum absolute atomic E-state index is 12.1. The lowest BCUT2D eigenvalue weighted by Gasteiger charge is -2.12. The molecule has 2 aromatic carbocycles. The average Bonchev–Trinajstić information content (AvgIpc) is 2.55. The highest BCUT2D eigenvalue weighted by Crippen LogP contribution is 2.25. The fraction of sp³-hybridized carbons (Fsp3) is 0.235. The topological polar surface area (TPSA) is 29.1 Å². The number of nitrogens with one attached hydrogen (secondary N) is 1. The lowest BCUT2D eigenvalue weighted by atomic mass is 10.4. The molecule has 0 unspecified atom stereocenters. The van der Waals surface area contributed by atoms with Crippen LogP contribution < -0.4 is 5.32 Å². The van der Waals surface area contributed by atoms with Gasteiger partial charge >= 0.3 is 0 Å². The first-order valence-corrected chi connectivity index (χ1v) is 10.2. The second-order valence-electron chi connectivity index (χ2n) is 4.81. The number of hydrogen-bond acceptors (Lipinski definition) is 3. The summed E-state index contributed by atoms with van der Waals surface area (Å²) < 4.78 is 1.07. The van der Waals surface area contributed by atoms with Crippen LogP contribution in [0.5, 0.6) is 0 Å². The van der Waals surface area contributed by atoms with E-state index in [0.717, 1.165) is 15.1 Å². The van der Waals surface area contributed by atoms with Gasteiger partial charge in [0.05, 0.1) is 5.25 Å². The molecule has 0 aliphatic heterocycles. The molecule has 0 saturated carbocycles. The molecule has 0 bridgehead atoms. The standard InChI is InChI=1S/C17H17BrClNOS2/c1-12(23-16-8-4-14(19)5-9-16)17(21)20-10-11-22-15-6-2-13(18)3-7-15/h2-9,12H,10-11H2,1H3,(H,20,21)/t12-/m1/s1. The third-order valence-corrected chi connectivity index (χ3v) is 5.89. The van der Waals surface area contributed by atoms with E-state index in [4.69, 9.17) is 11.6 Å². The Kier molecular flexibility index (Phi) is 7.83. The van der Waals surface area contributed by atoms with Crippen LogP contribution in [0, 0.1) is 0 Å². The largest absolute Gasteiger partial charge is 0.354 e. The van der Waals surface area contributed by atoms with Gasteiger partial charge < -0.3 is 5.32 Å². The molecule has 2 aromatic rings. The third-order valence-electron chi connectivity index (χ3n) is 2.98. The average molecular weight is 431 g/mol. The Morgan fingerprint density at radius 3 is 2.39 bits per heavy atom. The minimum absolute atomic E-state index is 0.0568. The van der Waals surface area contributed by atoms with Crippen molar-refractivity contribution >= 4 is 57.0 Å². The zero-order chi connectivity index (χ0) is 16.7. The van der Waals surface area contributed by atoms with Crippen LogP contribution in [0.2, 0.25) is 5.02 Å². The summed E-state index contributed by atoms with van der Waals surface area (Å²) in [5.41, 5.74) is 0. The molecule has 0 spiro atoms. The van der Waals surface area contributed by atoms with Gasteiger partial charge in [-0.15, -0.1) is 23.5 Å². The monoisotopic (exact) mass is 429 g/mol. The first-order chi connectivity index (χ1) is 11.0. The molecular weight excluding hydrogens is 414 g/mol. The van der Waals surface area contributed by atoms with Gasteiger partial charge in [-0.1, -0.05) is 27.5 Å². The van der Waals surface area contributed by atoms with Crippen molar-refractivity contribution in [2.24, 2.45) is 0 Å². The Balaban J connectivity index is 1.69. The lowest BCUT2D eigenvalue weighted by molar-refractivity contribution is -0.120. The van der Waals surface area contributed by atoms with Gasteiger partial charge in [-0.05, 0) is 55.5 Å². The van der Waals surface area contributed by atoms with Crippen molar-refractivity contribution in [3.8, 4) is 0 Å². The van der Waals surface area contributed by atoms with Crippen molar-refractivity contribution in [1.29, 1.82) is 0 Å². The quantitative estimate of drug-likeness (QED) is 0.465. The van der Waals surface area contributed by atoms with Crippen molar-refractivity contribution in [2.75, 3.05) is 12.3 Å². The molecular formula is C17H17BrClNOS2. The smallest absolute Gasteiger partial charge is 0.233 e. The van der Waals surface area contributed by atoms with E-state index in [1.165, 1.54) is 16.7 Å². The van der Waals surface area contributed by atoms with Gasteiger partial charge in [0, 0.05) is 31.6 Å². The third kappa shape index (κ3) is 6.79. The van der Waals surface area contributed by atoms with E-state index < -0.39 is 0 Å². The van der Waals surface area contributed by atoms with E-state index in [2.05, 4.69) is 33.4 Å². The predicted molar refractivity (Wildman–Crippen MR) is 105 cm³/mol. The van der Waals surface area contributed by atoms with E-state index in [1.54, 1.807) is 11.8 Å². The molecule has 0 heterocycles. The van der Waals surface area contributed by atoms with Crippen molar-refractivity contribution in [3.63, 3.8) is 0 Å². The van der Waals surface area contributed by atoms with Crippen LogP contribution in [0.1, 0.15) is 6.92 Å². The number of rotatable bonds is 7. The summed E-state index contributed by atoms with van der Waals surface area (Å²) in [6, 6.07) is 15.7. The molecule has 1 N–H and O–H groups in total. The molecule has 6 heteroatoms. The molecule has 1 amide bonds. The summed E-state index contributed by atoms with van der Waals surface area (Å²) in [7, 11) is 0. The van der Waals surface area contributed by atoms with Gasteiger partial charge in [0.1, 0.15) is 0 Å². The Bertz CT molecular complexity index is 634. The van der Waals surface area contributed by atoms with Gasteiger partial charge in [-0.3, -0.25) is 4.79 Å². The molecule has 0 aliphatic rings. The lowest BCUT2D eigenvalue weighted by Crippen LogP contribution is -2.32. The fourth-order valence-electron chi connectivity index (χ4n) is 1.79. The summed E-state index contributed by atoms with van der Waals surface area (Å²) in [6.07, 6.45) is 0. The van der Waals surface area contributed by atoms with Crippen molar-refractivity contribution in [2.45, 2.75) is 22.0 Å². The van der Waals surface area contributed by atoms with Crippen LogP contribution in [0.3, 0.4) is 0 Å². The molecule has 0 radical (unpaired) electrons. The van der Waals surface area contributed by atoms with Crippen molar-refractivity contribution in [3.05, 3.63) is 58.0 Å². The number of hydrogen-bond donors (Lipinski definition) is 1. The normalized spacial score (nSPS) is 12.0. The summed E-state index contributed by atoms with van der Waals surface area (Å²) in [5, 5.41) is 3.55. The SMILES string of the molecule is C[C@@H](Sc1ccc(Cl)cc1)C(=O)NCCSc1ccc(Br)cc1. The van der Waals surface area contributed by atoms with E-state index in [0.29, 0.717) is 11.6 Å². The predicted octanol–water partition coefficient (Wildman–Crippen LogP) is 5.49. The molecule has 2 rings (SSSR count). The first-order valence-electron chi connectivity index (χ1n) is 7.13. The van der Waals surface area contributed by atoms with Gasteiger partial charge in [0.2, 0.25) is 5.91 Å². The van der Waals surface area contributed by atoms with Crippen LogP contribution >= 0.6 is 51.1 Å². The van der Waals surface area contributed by atoms with Crippen LogP contribution in [0.4, 0.5) is 0 Å². The maximum atomic E-state index is 12.1. The van der Waals surface area contributed by atoms with Crippen LogP contribution in [0.15, 0.2) is 62.8 Å². The number of carbonyl (C=O) groups is 1. The molecule has 2 nitrogen and oxygen atoms in total. The highest BCUT2D eigenvalue weighted by Gasteiger charge is 2.13. The summed E-state index contributed by atoms with van der Waals surface area (Å²) in [6.45, 7) is 2.57. The molecule has 23 heavy (non-hydrogen) atoms. The summed E-state index contributed by atoms with van der Waals surface area (Å²) in [5.74, 6) is 0.910. The Labute approximate surface area is 158 Å². The molecule has 122 valence electrons.